The van der Waals surface area contributed by atoms with E-state index in [0.717, 1.165) is 12.0 Å². The number of aliphatic carboxylic acids is 4. The standard InChI is InChI=1S/C57H84N10O13/c1-10-41-30-39(4)57(56(77)78,40(5)31-41)59-54(75)44-33-46(53-47(79-8)14-11-15-48(53)80-9)67(60-44)45-17-16-42(32-43(45)38(2)3)55(76)66(21-13-19-61(6)7)20-12-18-58-49(68)34-62-22-24-63(35-50(69)70)26-28-65(37-52(73)74)29-27-64(25-23-62)36-51(71)72/h11,14-17,32-33,38,40-41H,4,10,12-13,18-31,34-37H2,1-3,5-9H3,(H,58,68)(H,59,75)(H,69,70)(H,71,72)(H,73,74)(H,77,78). The number of hydrogen-bond donors (Lipinski definition) is 6. The van der Waals surface area contributed by atoms with Gasteiger partial charge in [0.1, 0.15) is 11.5 Å². The molecule has 3 aromatic rings. The average molecular weight is 1120 g/mol. The quantitative estimate of drug-likeness (QED) is 0.0495. The zero-order valence-electron chi connectivity index (χ0n) is 47.9. The Balaban J connectivity index is 1.39. The minimum absolute atomic E-state index is 0.0474. The van der Waals surface area contributed by atoms with Gasteiger partial charge in [0.25, 0.3) is 11.8 Å². The van der Waals surface area contributed by atoms with Crippen LogP contribution < -0.4 is 20.1 Å². The number of carboxylic acids is 4. The summed E-state index contributed by atoms with van der Waals surface area (Å²) in [6.07, 6.45) is 2.98. The molecule has 1 aromatic heterocycles. The number of carbonyl (C=O) groups is 7. The number of nitrogens with zero attached hydrogens (tertiary/aromatic N) is 8. The monoisotopic (exact) mass is 1120 g/mol. The van der Waals surface area contributed by atoms with E-state index < -0.39 is 41.2 Å². The Bertz CT molecular complexity index is 2600. The lowest BCUT2D eigenvalue weighted by Crippen LogP contribution is -2.62. The van der Waals surface area contributed by atoms with Crippen molar-refractivity contribution in [3.8, 4) is 28.4 Å². The molecule has 6 N–H and O–H groups in total. The van der Waals surface area contributed by atoms with Crippen LogP contribution in [0.4, 0.5) is 0 Å². The molecule has 3 unspecified atom stereocenters. The number of carbonyl (C=O) groups excluding carboxylic acids is 3. The number of aromatic nitrogens is 2. The van der Waals surface area contributed by atoms with Crippen LogP contribution in [0.25, 0.3) is 16.9 Å². The van der Waals surface area contributed by atoms with E-state index in [0.29, 0.717) is 98.0 Å². The summed E-state index contributed by atoms with van der Waals surface area (Å²) in [6, 6.07) is 12.2. The Morgan fingerprint density at radius 2 is 1.29 bits per heavy atom. The first-order valence-electron chi connectivity index (χ1n) is 27.5. The van der Waals surface area contributed by atoms with E-state index in [1.54, 1.807) is 60.7 Å². The predicted molar refractivity (Wildman–Crippen MR) is 301 cm³/mol. The fourth-order valence-electron chi connectivity index (χ4n) is 10.7. The Hall–Kier alpha value is -6.92. The normalized spacial score (nSPS) is 19.2. The van der Waals surface area contributed by atoms with Gasteiger partial charge in [-0.25, -0.2) is 9.48 Å². The number of carboxylic acid groups (broad SMARTS) is 4. The lowest BCUT2D eigenvalue weighted by Gasteiger charge is -2.44. The molecule has 80 heavy (non-hydrogen) atoms. The number of rotatable bonds is 26. The summed E-state index contributed by atoms with van der Waals surface area (Å²) >= 11 is 0. The third-order valence-electron chi connectivity index (χ3n) is 15.1. The summed E-state index contributed by atoms with van der Waals surface area (Å²) < 4.78 is 13.3. The highest BCUT2D eigenvalue weighted by Gasteiger charge is 2.51. The molecule has 0 bridgehead atoms. The second-order valence-electron chi connectivity index (χ2n) is 21.5. The summed E-state index contributed by atoms with van der Waals surface area (Å²) in [5.74, 6) is -5.11. The topological polar surface area (TPSA) is 280 Å². The van der Waals surface area contributed by atoms with Gasteiger partial charge in [0, 0.05) is 77.6 Å². The van der Waals surface area contributed by atoms with Crippen molar-refractivity contribution in [3.05, 3.63) is 71.4 Å². The molecule has 440 valence electrons. The molecule has 1 aliphatic heterocycles. The molecule has 1 saturated carbocycles. The first-order valence-corrected chi connectivity index (χ1v) is 27.5. The third kappa shape index (κ3) is 17.3. The molecule has 1 aliphatic carbocycles. The van der Waals surface area contributed by atoms with E-state index in [1.807, 2.05) is 50.7 Å². The number of amides is 3. The van der Waals surface area contributed by atoms with Gasteiger partial charge in [0.15, 0.2) is 11.2 Å². The van der Waals surface area contributed by atoms with Gasteiger partial charge in [-0.3, -0.25) is 48.4 Å². The Kier molecular flexibility index (Phi) is 24.0. The largest absolute Gasteiger partial charge is 0.496 e. The van der Waals surface area contributed by atoms with Gasteiger partial charge in [0.05, 0.1) is 57.3 Å². The molecule has 2 aromatic carbocycles. The van der Waals surface area contributed by atoms with E-state index in [1.165, 1.54) is 14.2 Å². The number of nitrogens with one attached hydrogen (secondary N) is 2. The summed E-state index contributed by atoms with van der Waals surface area (Å²) in [6.45, 7) is 15.0. The Morgan fingerprint density at radius 1 is 0.762 bits per heavy atom. The van der Waals surface area contributed by atoms with Crippen LogP contribution in [-0.2, 0) is 24.0 Å². The number of methoxy groups -OCH3 is 2. The Labute approximate surface area is 469 Å². The van der Waals surface area contributed by atoms with Crippen LogP contribution in [0.1, 0.15) is 92.1 Å². The molecule has 5 rings (SSSR count). The van der Waals surface area contributed by atoms with Crippen LogP contribution in [0.15, 0.2) is 54.6 Å². The highest BCUT2D eigenvalue weighted by atomic mass is 16.5. The van der Waals surface area contributed by atoms with Gasteiger partial charge in [-0.1, -0.05) is 46.8 Å². The first kappa shape index (κ1) is 63.9. The lowest BCUT2D eigenvalue weighted by atomic mass is 9.66. The Morgan fingerprint density at radius 3 is 1.75 bits per heavy atom. The summed E-state index contributed by atoms with van der Waals surface area (Å²) in [5, 5.41) is 50.2. The SMILES string of the molecule is C=C1CC(CC)CC(C)C1(NC(=O)c1cc(-c2c(OC)cccc2OC)n(-c2ccc(C(=O)N(CCCNC(=O)CN3CCN(CC(=O)O)CCN(CC(=O)O)CCN(CC(=O)O)CC3)CCCN(C)C)cc2C(C)C)n1)C(=O)O. The highest BCUT2D eigenvalue weighted by Crippen LogP contribution is 2.43. The zero-order chi connectivity index (χ0) is 58.8. The second kappa shape index (κ2) is 30.1. The van der Waals surface area contributed by atoms with Crippen molar-refractivity contribution in [2.75, 3.05) is 133 Å². The number of benzene rings is 2. The fraction of sp³-hybridized carbons (Fsp3) is 0.579. The second-order valence-corrected chi connectivity index (χ2v) is 21.5. The van der Waals surface area contributed by atoms with Crippen molar-refractivity contribution >= 4 is 41.6 Å². The van der Waals surface area contributed by atoms with E-state index in [4.69, 9.17) is 14.6 Å². The third-order valence-corrected chi connectivity index (χ3v) is 15.1. The van der Waals surface area contributed by atoms with Gasteiger partial charge in [-0.05, 0) is 112 Å². The van der Waals surface area contributed by atoms with Gasteiger partial charge < -0.3 is 50.3 Å². The molecule has 2 heterocycles. The van der Waals surface area contributed by atoms with Crippen LogP contribution in [-0.4, -0.2) is 240 Å². The molecule has 23 heteroatoms. The van der Waals surface area contributed by atoms with Crippen molar-refractivity contribution in [2.45, 2.75) is 71.3 Å². The molecule has 3 atom stereocenters. The summed E-state index contributed by atoms with van der Waals surface area (Å²) in [7, 11) is 6.94. The molecule has 2 fully saturated rings. The van der Waals surface area contributed by atoms with Crippen molar-refractivity contribution in [2.24, 2.45) is 11.8 Å². The molecule has 3 amide bonds. The molecular weight excluding hydrogens is 1030 g/mol. The van der Waals surface area contributed by atoms with Crippen molar-refractivity contribution in [1.29, 1.82) is 0 Å². The number of ether oxygens (including phenoxy) is 2. The lowest BCUT2D eigenvalue weighted by molar-refractivity contribution is -0.146. The molecule has 1 saturated heterocycles. The van der Waals surface area contributed by atoms with Crippen molar-refractivity contribution < 1.29 is 63.5 Å². The van der Waals surface area contributed by atoms with Crippen molar-refractivity contribution in [3.63, 3.8) is 0 Å². The first-order chi connectivity index (χ1) is 38.0. The van der Waals surface area contributed by atoms with Crippen molar-refractivity contribution in [1.82, 2.24) is 49.8 Å². The number of hydrogen-bond acceptors (Lipinski definition) is 15. The van der Waals surface area contributed by atoms with Crippen LogP contribution in [0.3, 0.4) is 0 Å². The zero-order valence-corrected chi connectivity index (χ0v) is 47.9. The molecule has 0 spiro atoms. The minimum Gasteiger partial charge on any atom is -0.496 e. The maximum absolute atomic E-state index is 14.7. The minimum atomic E-state index is -1.73. The summed E-state index contributed by atoms with van der Waals surface area (Å²) in [5.41, 5.74) is 1.23. The smallest absolute Gasteiger partial charge is 0.334 e. The van der Waals surface area contributed by atoms with E-state index in [2.05, 4.69) is 24.1 Å². The van der Waals surface area contributed by atoms with E-state index in [-0.39, 0.29) is 101 Å². The van der Waals surface area contributed by atoms with Gasteiger partial charge >= 0.3 is 23.9 Å². The molecular formula is C57H84N10O13. The van der Waals surface area contributed by atoms with Gasteiger partial charge in [-0.15, -0.1) is 0 Å². The predicted octanol–water partition coefficient (Wildman–Crippen LogP) is 3.62. The van der Waals surface area contributed by atoms with Gasteiger partial charge in [-0.2, -0.15) is 5.10 Å². The van der Waals surface area contributed by atoms with Crippen LogP contribution in [0.5, 0.6) is 11.5 Å². The maximum atomic E-state index is 14.7. The molecule has 2 aliphatic rings. The van der Waals surface area contributed by atoms with Crippen LogP contribution >= 0.6 is 0 Å². The molecule has 23 nitrogen and oxygen atoms in total. The van der Waals surface area contributed by atoms with Gasteiger partial charge in [0.2, 0.25) is 5.91 Å². The van der Waals surface area contributed by atoms with Crippen LogP contribution in [0.2, 0.25) is 0 Å². The highest BCUT2D eigenvalue weighted by molar-refractivity contribution is 5.99. The average Bonchev–Trinajstić information content (AvgIpc) is 3.84. The van der Waals surface area contributed by atoms with E-state index in [9.17, 15) is 54.0 Å². The maximum Gasteiger partial charge on any atom is 0.334 e. The fourth-order valence-corrected chi connectivity index (χ4v) is 10.7. The molecule has 0 radical (unpaired) electrons. The summed E-state index contributed by atoms with van der Waals surface area (Å²) in [4.78, 5) is 102. The van der Waals surface area contributed by atoms with Crippen LogP contribution in [0, 0.1) is 11.8 Å². The van der Waals surface area contributed by atoms with E-state index >= 15 is 0 Å².